The summed E-state index contributed by atoms with van der Waals surface area (Å²) >= 11 is 0. The van der Waals surface area contributed by atoms with Crippen molar-refractivity contribution in [3.8, 4) is 0 Å². The maximum atomic E-state index is 14.8. The first-order valence-corrected chi connectivity index (χ1v) is 8.03. The fourth-order valence-corrected chi connectivity index (χ4v) is 3.43. The van der Waals surface area contributed by atoms with Gasteiger partial charge in [-0.3, -0.25) is 24.5 Å². The number of hydrogen-bond acceptors (Lipinski definition) is 5. The van der Waals surface area contributed by atoms with Crippen molar-refractivity contribution < 1.29 is 14.1 Å². The molecule has 1 amide bonds. The molecule has 1 aliphatic carbocycles. The van der Waals surface area contributed by atoms with Gasteiger partial charge < -0.3 is 0 Å². The van der Waals surface area contributed by atoms with Gasteiger partial charge in [0.15, 0.2) is 11.6 Å². The number of nitrogens with zero attached hydrogens (tertiary/aromatic N) is 5. The van der Waals surface area contributed by atoms with Gasteiger partial charge in [0.1, 0.15) is 12.4 Å². The lowest BCUT2D eigenvalue weighted by Gasteiger charge is -2.21. The van der Waals surface area contributed by atoms with Crippen LogP contribution in [0.5, 0.6) is 0 Å². The standard InChI is InChI=1S/C16H16FN5O3/c1-8-13(9(2)21-7-11(4-19-21)22(24)25)5-18-15(14(8)17)20-6-10-3-12(10)16(20)23/h4-5,7,9-10,12H,3,6H2,1-2H3. The topological polar surface area (TPSA) is 94.2 Å². The van der Waals surface area contributed by atoms with Crippen molar-refractivity contribution >= 4 is 17.4 Å². The van der Waals surface area contributed by atoms with E-state index in [1.807, 2.05) is 0 Å². The minimum atomic E-state index is -0.532. The second-order valence-electron chi connectivity index (χ2n) is 6.64. The molecule has 1 aliphatic heterocycles. The largest absolute Gasteiger partial charge is 0.307 e. The number of pyridine rings is 1. The number of carbonyl (C=O) groups is 1. The molecule has 1 saturated heterocycles. The lowest BCUT2D eigenvalue weighted by Crippen LogP contribution is -2.30. The molecule has 2 aliphatic rings. The number of carbonyl (C=O) groups excluding carboxylic acids is 1. The van der Waals surface area contributed by atoms with E-state index in [2.05, 4.69) is 10.1 Å². The predicted octanol–water partition coefficient (Wildman–Crippen LogP) is 2.23. The first-order valence-electron chi connectivity index (χ1n) is 8.03. The quantitative estimate of drug-likeness (QED) is 0.625. The van der Waals surface area contributed by atoms with Crippen LogP contribution >= 0.6 is 0 Å². The maximum absolute atomic E-state index is 14.8. The lowest BCUT2D eigenvalue weighted by atomic mass is 10.0. The average molecular weight is 345 g/mol. The molecule has 3 unspecified atom stereocenters. The molecule has 0 spiro atoms. The summed E-state index contributed by atoms with van der Waals surface area (Å²) < 4.78 is 16.2. The van der Waals surface area contributed by atoms with E-state index >= 15 is 0 Å². The normalized spacial score (nSPS) is 22.8. The van der Waals surface area contributed by atoms with Gasteiger partial charge >= 0.3 is 5.69 Å². The molecule has 25 heavy (non-hydrogen) atoms. The number of anilines is 1. The smallest absolute Gasteiger partial charge is 0.294 e. The second-order valence-corrected chi connectivity index (χ2v) is 6.64. The molecule has 2 aromatic rings. The average Bonchev–Trinajstić information content (AvgIpc) is 3.03. The maximum Gasteiger partial charge on any atom is 0.307 e. The zero-order valence-electron chi connectivity index (χ0n) is 13.7. The Balaban J connectivity index is 1.65. The van der Waals surface area contributed by atoms with E-state index in [1.54, 1.807) is 13.8 Å². The Labute approximate surface area is 142 Å². The van der Waals surface area contributed by atoms with Crippen LogP contribution in [-0.2, 0) is 4.79 Å². The molecule has 2 aromatic heterocycles. The highest BCUT2D eigenvalue weighted by Crippen LogP contribution is 2.47. The fourth-order valence-electron chi connectivity index (χ4n) is 3.43. The minimum absolute atomic E-state index is 0.0322. The Bertz CT molecular complexity index is 896. The molecule has 3 heterocycles. The zero-order valence-corrected chi connectivity index (χ0v) is 13.7. The zero-order chi connectivity index (χ0) is 17.9. The monoisotopic (exact) mass is 345 g/mol. The molecule has 2 fully saturated rings. The van der Waals surface area contributed by atoms with E-state index in [0.717, 1.165) is 12.6 Å². The van der Waals surface area contributed by atoms with Crippen LogP contribution in [0.4, 0.5) is 15.9 Å². The molecule has 0 bridgehead atoms. The minimum Gasteiger partial charge on any atom is -0.294 e. The van der Waals surface area contributed by atoms with Gasteiger partial charge in [-0.05, 0) is 31.7 Å². The first-order chi connectivity index (χ1) is 11.9. The molecule has 4 rings (SSSR count). The molecule has 8 nitrogen and oxygen atoms in total. The van der Waals surface area contributed by atoms with Crippen LogP contribution in [0.1, 0.15) is 30.5 Å². The van der Waals surface area contributed by atoms with Gasteiger partial charge in [-0.15, -0.1) is 0 Å². The second kappa shape index (κ2) is 5.33. The summed E-state index contributed by atoms with van der Waals surface area (Å²) in [7, 11) is 0. The Kier molecular flexibility index (Phi) is 3.34. The molecular formula is C16H16FN5O3. The number of aromatic nitrogens is 3. The van der Waals surface area contributed by atoms with Crippen molar-refractivity contribution in [3.05, 3.63) is 45.6 Å². The van der Waals surface area contributed by atoms with Crippen LogP contribution in [0, 0.1) is 34.7 Å². The third kappa shape index (κ3) is 2.38. The third-order valence-corrected chi connectivity index (χ3v) is 5.11. The molecule has 0 N–H and O–H groups in total. The van der Waals surface area contributed by atoms with E-state index in [0.29, 0.717) is 23.6 Å². The van der Waals surface area contributed by atoms with Gasteiger partial charge in [0.2, 0.25) is 5.91 Å². The highest BCUT2D eigenvalue weighted by Gasteiger charge is 2.53. The molecule has 9 heteroatoms. The van der Waals surface area contributed by atoms with Gasteiger partial charge in [0.25, 0.3) is 0 Å². The first kappa shape index (κ1) is 15.7. The van der Waals surface area contributed by atoms with Gasteiger partial charge in [-0.1, -0.05) is 0 Å². The van der Waals surface area contributed by atoms with E-state index in [4.69, 9.17) is 0 Å². The Morgan fingerprint density at radius 1 is 1.44 bits per heavy atom. The van der Waals surface area contributed by atoms with Crippen LogP contribution in [0.15, 0.2) is 18.6 Å². The van der Waals surface area contributed by atoms with Crippen molar-refractivity contribution in [3.63, 3.8) is 0 Å². The summed E-state index contributed by atoms with van der Waals surface area (Å²) in [6, 6.07) is -0.424. The van der Waals surface area contributed by atoms with Crippen LogP contribution in [0.3, 0.4) is 0 Å². The highest BCUT2D eigenvalue weighted by molar-refractivity contribution is 5.99. The van der Waals surface area contributed by atoms with Crippen LogP contribution < -0.4 is 4.90 Å². The Hall–Kier alpha value is -2.84. The van der Waals surface area contributed by atoms with Crippen molar-refractivity contribution in [1.29, 1.82) is 0 Å². The summed E-state index contributed by atoms with van der Waals surface area (Å²) in [5.74, 6) is -0.154. The molecule has 0 radical (unpaired) electrons. The van der Waals surface area contributed by atoms with Crippen LogP contribution in [0.25, 0.3) is 0 Å². The SMILES string of the molecule is Cc1c(C(C)n2cc([N+](=O)[O-])cn2)cnc(N2CC3CC3C2=O)c1F. The molecule has 3 atom stereocenters. The summed E-state index contributed by atoms with van der Waals surface area (Å²) in [6.45, 7) is 3.90. The number of piperidine rings is 1. The number of fused-ring (bicyclic) bond motifs is 1. The van der Waals surface area contributed by atoms with E-state index < -0.39 is 16.8 Å². The highest BCUT2D eigenvalue weighted by atomic mass is 19.1. The molecule has 0 aromatic carbocycles. The Morgan fingerprint density at radius 3 is 2.80 bits per heavy atom. The Morgan fingerprint density at radius 2 is 2.20 bits per heavy atom. The van der Waals surface area contributed by atoms with E-state index in [-0.39, 0.29) is 23.3 Å². The summed E-state index contributed by atoms with van der Waals surface area (Å²) in [4.78, 5) is 28.0. The summed E-state index contributed by atoms with van der Waals surface area (Å²) in [6.07, 6.45) is 4.86. The van der Waals surface area contributed by atoms with E-state index in [9.17, 15) is 19.3 Å². The van der Waals surface area contributed by atoms with Crippen molar-refractivity contribution in [1.82, 2.24) is 14.8 Å². The van der Waals surface area contributed by atoms with Crippen LogP contribution in [-0.4, -0.2) is 32.1 Å². The van der Waals surface area contributed by atoms with E-state index in [1.165, 1.54) is 22.0 Å². The number of rotatable bonds is 4. The van der Waals surface area contributed by atoms with Gasteiger partial charge in [-0.2, -0.15) is 5.10 Å². The molecular weight excluding hydrogens is 329 g/mol. The number of nitro groups is 1. The van der Waals surface area contributed by atoms with Crippen LogP contribution in [0.2, 0.25) is 0 Å². The number of amides is 1. The molecule has 130 valence electrons. The van der Waals surface area contributed by atoms with Crippen molar-refractivity contribution in [2.24, 2.45) is 11.8 Å². The van der Waals surface area contributed by atoms with Gasteiger partial charge in [0, 0.05) is 24.2 Å². The van der Waals surface area contributed by atoms with Gasteiger partial charge in [-0.25, -0.2) is 9.37 Å². The van der Waals surface area contributed by atoms with Crippen molar-refractivity contribution in [2.75, 3.05) is 11.4 Å². The lowest BCUT2D eigenvalue weighted by molar-refractivity contribution is -0.385. The predicted molar refractivity (Wildman–Crippen MR) is 85.6 cm³/mol. The summed E-state index contributed by atoms with van der Waals surface area (Å²) in [5.41, 5.74) is 0.802. The van der Waals surface area contributed by atoms with Crippen molar-refractivity contribution in [2.45, 2.75) is 26.3 Å². The number of hydrogen-bond donors (Lipinski definition) is 0. The summed E-state index contributed by atoms with van der Waals surface area (Å²) in [5, 5.41) is 14.8. The third-order valence-electron chi connectivity index (χ3n) is 5.11. The number of halogens is 1. The molecule has 1 saturated carbocycles. The van der Waals surface area contributed by atoms with Gasteiger partial charge in [0.05, 0.1) is 11.0 Å². The fraction of sp³-hybridized carbons (Fsp3) is 0.438.